The van der Waals surface area contributed by atoms with E-state index in [0.29, 0.717) is 18.8 Å². The predicted octanol–water partition coefficient (Wildman–Crippen LogP) is 5.93. The first-order valence-electron chi connectivity index (χ1n) is 10.0. The molecule has 2 aliphatic heterocycles. The number of benzene rings is 3. The van der Waals surface area contributed by atoms with Crippen LogP contribution >= 0.6 is 0 Å². The molecule has 0 unspecified atom stereocenters. The number of nitrogens with zero attached hydrogens (tertiary/aromatic N) is 3. The molecule has 0 atom stereocenters. The van der Waals surface area contributed by atoms with Crippen LogP contribution in [0.3, 0.4) is 0 Å². The number of aromatic nitrogens is 3. The molecule has 2 heterocycles. The fraction of sp³-hybridized carbons (Fsp3) is 0.120. The van der Waals surface area contributed by atoms with Crippen LogP contribution < -0.4 is 4.74 Å². The lowest BCUT2D eigenvalue weighted by Gasteiger charge is -2.16. The normalized spacial score (nSPS) is 11.3. The lowest BCUT2D eigenvalue weighted by atomic mass is 10.0. The van der Waals surface area contributed by atoms with Crippen molar-refractivity contribution in [3.8, 4) is 28.3 Å². The zero-order valence-corrected chi connectivity index (χ0v) is 16.8. The topological polar surface area (TPSA) is 39.9 Å². The van der Waals surface area contributed by atoms with E-state index >= 15 is 0 Å². The van der Waals surface area contributed by atoms with Crippen molar-refractivity contribution in [2.24, 2.45) is 0 Å². The molecule has 0 amide bonds. The molecule has 0 bridgehead atoms. The molecular formula is C25H19F2N3O. The van der Waals surface area contributed by atoms with Gasteiger partial charge in [0.2, 0.25) is 0 Å². The van der Waals surface area contributed by atoms with Gasteiger partial charge in [0, 0.05) is 29.3 Å². The van der Waals surface area contributed by atoms with Crippen LogP contribution in [-0.4, -0.2) is 21.4 Å². The van der Waals surface area contributed by atoms with Gasteiger partial charge in [0.05, 0.1) is 12.1 Å². The van der Waals surface area contributed by atoms with Crippen LogP contribution in [0, 0.1) is 11.6 Å². The van der Waals surface area contributed by atoms with Crippen LogP contribution in [0.4, 0.5) is 8.78 Å². The largest absolute Gasteiger partial charge is 0.494 e. The standard InChI is InChI=1S/C25H19F2N3O/c1-2-31-20-11-12-23-21(13-20)25-22(15-30(23)14-16-3-7-18(26)8-4-16)24(28-29-25)17-5-9-19(27)10-6-17/h3-13,15H,2,14H2,1H3. The fourth-order valence-electron chi connectivity index (χ4n) is 3.82. The molecule has 0 radical (unpaired) electrons. The van der Waals surface area contributed by atoms with E-state index in [-0.39, 0.29) is 11.6 Å². The van der Waals surface area contributed by atoms with Crippen molar-refractivity contribution in [2.75, 3.05) is 6.61 Å². The summed E-state index contributed by atoms with van der Waals surface area (Å²) in [6, 6.07) is 18.6. The third kappa shape index (κ3) is 3.61. The highest BCUT2D eigenvalue weighted by atomic mass is 19.1. The number of halogens is 2. The average molecular weight is 415 g/mol. The van der Waals surface area contributed by atoms with E-state index in [1.165, 1.54) is 24.3 Å². The highest BCUT2D eigenvalue weighted by molar-refractivity contribution is 5.98. The Morgan fingerprint density at radius 2 is 1.52 bits per heavy atom. The number of rotatable bonds is 5. The Labute approximate surface area is 178 Å². The zero-order chi connectivity index (χ0) is 21.4. The van der Waals surface area contributed by atoms with Crippen LogP contribution in [-0.2, 0) is 6.54 Å². The van der Waals surface area contributed by atoms with Crippen LogP contribution in [0.2, 0.25) is 0 Å². The van der Waals surface area contributed by atoms with Crippen LogP contribution in [0.5, 0.6) is 5.75 Å². The minimum atomic E-state index is -0.300. The summed E-state index contributed by atoms with van der Waals surface area (Å²) in [4.78, 5) is 0. The molecule has 3 aromatic carbocycles. The van der Waals surface area contributed by atoms with Gasteiger partial charge in [0.1, 0.15) is 28.8 Å². The van der Waals surface area contributed by atoms with Crippen molar-refractivity contribution in [2.45, 2.75) is 13.5 Å². The molecule has 31 heavy (non-hydrogen) atoms. The monoisotopic (exact) mass is 415 g/mol. The lowest BCUT2D eigenvalue weighted by molar-refractivity contribution is 0.340. The summed E-state index contributed by atoms with van der Waals surface area (Å²) in [6.45, 7) is 3.05. The molecule has 0 saturated carbocycles. The van der Waals surface area contributed by atoms with Crippen LogP contribution in [0.1, 0.15) is 12.5 Å². The number of ether oxygens (including phenoxy) is 1. The van der Waals surface area contributed by atoms with Gasteiger partial charge in [0.15, 0.2) is 0 Å². The number of hydrogen-bond acceptors (Lipinski definition) is 3. The molecular weight excluding hydrogens is 396 g/mol. The molecule has 5 rings (SSSR count). The van der Waals surface area contributed by atoms with Crippen molar-refractivity contribution in [3.05, 3.63) is 90.1 Å². The summed E-state index contributed by atoms with van der Waals surface area (Å²) < 4.78 is 34.6. The van der Waals surface area contributed by atoms with Crippen molar-refractivity contribution in [1.82, 2.24) is 14.8 Å². The quantitative estimate of drug-likeness (QED) is 0.357. The van der Waals surface area contributed by atoms with Gasteiger partial charge >= 0.3 is 0 Å². The van der Waals surface area contributed by atoms with E-state index in [4.69, 9.17) is 4.74 Å². The Morgan fingerprint density at radius 1 is 0.839 bits per heavy atom. The number of hydrogen-bond donors (Lipinski definition) is 0. The van der Waals surface area contributed by atoms with Gasteiger partial charge in [-0.05, 0) is 67.1 Å². The molecule has 6 heteroatoms. The van der Waals surface area contributed by atoms with Crippen molar-refractivity contribution in [1.29, 1.82) is 0 Å². The van der Waals surface area contributed by atoms with E-state index in [1.807, 2.05) is 31.3 Å². The van der Waals surface area contributed by atoms with E-state index in [1.54, 1.807) is 24.3 Å². The van der Waals surface area contributed by atoms with E-state index < -0.39 is 0 Å². The molecule has 0 aromatic heterocycles. The van der Waals surface area contributed by atoms with Gasteiger partial charge in [-0.15, -0.1) is 10.2 Å². The first kappa shape index (κ1) is 19.2. The first-order valence-corrected chi connectivity index (χ1v) is 10.0. The van der Waals surface area contributed by atoms with Gasteiger partial charge < -0.3 is 9.30 Å². The summed E-state index contributed by atoms with van der Waals surface area (Å²) in [5.41, 5.74) is 5.02. The minimum Gasteiger partial charge on any atom is -0.494 e. The molecule has 2 aliphatic rings. The van der Waals surface area contributed by atoms with Crippen molar-refractivity contribution < 1.29 is 13.5 Å². The second kappa shape index (κ2) is 7.80. The van der Waals surface area contributed by atoms with Gasteiger partial charge in [-0.2, -0.15) is 0 Å². The smallest absolute Gasteiger partial charge is 0.123 e. The molecule has 0 N–H and O–H groups in total. The highest BCUT2D eigenvalue weighted by Crippen LogP contribution is 2.38. The minimum absolute atomic E-state index is 0.265. The highest BCUT2D eigenvalue weighted by Gasteiger charge is 2.21. The third-order valence-corrected chi connectivity index (χ3v) is 5.27. The zero-order valence-electron chi connectivity index (χ0n) is 16.8. The SMILES string of the molecule is CCOc1ccc2c(c1)c1nnc(-c3ccc(F)cc3)c-1cn2Cc1ccc(F)cc1. The predicted molar refractivity (Wildman–Crippen MR) is 116 cm³/mol. The van der Waals surface area contributed by atoms with E-state index in [9.17, 15) is 8.78 Å². The van der Waals surface area contributed by atoms with Crippen LogP contribution in [0.25, 0.3) is 33.4 Å². The van der Waals surface area contributed by atoms with Crippen molar-refractivity contribution >= 4 is 10.9 Å². The first-order chi connectivity index (χ1) is 15.1. The van der Waals surface area contributed by atoms with Gasteiger partial charge in [-0.1, -0.05) is 12.1 Å². The lowest BCUT2D eigenvalue weighted by Crippen LogP contribution is -2.04. The van der Waals surface area contributed by atoms with E-state index in [2.05, 4.69) is 14.8 Å². The Hall–Kier alpha value is -3.80. The van der Waals surface area contributed by atoms with Crippen LogP contribution in [0.15, 0.2) is 72.9 Å². The summed E-state index contributed by atoms with van der Waals surface area (Å²) in [5.74, 6) is 0.186. The molecule has 154 valence electrons. The molecule has 0 saturated heterocycles. The fourth-order valence-corrected chi connectivity index (χ4v) is 3.82. The summed E-state index contributed by atoms with van der Waals surface area (Å²) >= 11 is 0. The Kier molecular flexibility index (Phi) is 4.82. The Bertz CT molecular complexity index is 1330. The molecule has 0 fully saturated rings. The molecule has 0 aliphatic carbocycles. The maximum Gasteiger partial charge on any atom is 0.123 e. The summed E-state index contributed by atoms with van der Waals surface area (Å²) in [6.07, 6.45) is 2.00. The summed E-state index contributed by atoms with van der Waals surface area (Å²) in [5, 5.41) is 9.76. The molecule has 4 nitrogen and oxygen atoms in total. The van der Waals surface area contributed by atoms with Gasteiger partial charge in [-0.25, -0.2) is 8.78 Å². The molecule has 0 spiro atoms. The van der Waals surface area contributed by atoms with Gasteiger partial charge in [0.25, 0.3) is 0 Å². The number of fused-ring (bicyclic) bond motifs is 3. The second-order valence-electron chi connectivity index (χ2n) is 7.31. The molecule has 3 aromatic rings. The van der Waals surface area contributed by atoms with Gasteiger partial charge in [-0.3, -0.25) is 0 Å². The third-order valence-electron chi connectivity index (χ3n) is 5.27. The average Bonchev–Trinajstić information content (AvgIpc) is 3.20. The Balaban J connectivity index is 1.71. The number of pyridine rings is 1. The maximum atomic E-state index is 13.4. The van der Waals surface area contributed by atoms with Crippen molar-refractivity contribution in [3.63, 3.8) is 0 Å². The van der Waals surface area contributed by atoms with E-state index in [0.717, 1.165) is 39.0 Å². The second-order valence-corrected chi connectivity index (χ2v) is 7.31. The maximum absolute atomic E-state index is 13.4. The Morgan fingerprint density at radius 3 is 2.23 bits per heavy atom. The summed E-state index contributed by atoms with van der Waals surface area (Å²) in [7, 11) is 0.